The van der Waals surface area contributed by atoms with Crippen LogP contribution in [0.25, 0.3) is 11.3 Å². The number of carbonyl (C=O) groups is 1. The lowest BCUT2D eigenvalue weighted by Crippen LogP contribution is -2.36. The monoisotopic (exact) mass is 393 g/mol. The van der Waals surface area contributed by atoms with Crippen molar-refractivity contribution in [2.75, 3.05) is 31.2 Å². The number of oxazole rings is 1. The molecule has 1 saturated heterocycles. The predicted molar refractivity (Wildman–Crippen MR) is 110 cm³/mol. The third-order valence-corrected chi connectivity index (χ3v) is 4.88. The lowest BCUT2D eigenvalue weighted by atomic mass is 10.2. The molecule has 2 aromatic carbocycles. The van der Waals surface area contributed by atoms with Crippen LogP contribution in [-0.2, 0) is 22.6 Å². The standard InChI is InChI=1S/C22H23N3O4/c26-21(16-25-15-20(29-22(25)27)18-4-2-1-3-5-18)23-14-17-6-8-19(9-7-17)24-10-12-28-13-11-24/h1-9,15H,10-14,16H2,(H,23,26). The van der Waals surface area contributed by atoms with Crippen LogP contribution in [0.3, 0.4) is 0 Å². The van der Waals surface area contributed by atoms with E-state index in [4.69, 9.17) is 9.15 Å². The molecule has 0 saturated carbocycles. The lowest BCUT2D eigenvalue weighted by molar-refractivity contribution is -0.121. The third-order valence-electron chi connectivity index (χ3n) is 4.88. The Hall–Kier alpha value is -3.32. The molecule has 1 aromatic heterocycles. The van der Waals surface area contributed by atoms with Gasteiger partial charge in [0.15, 0.2) is 5.76 Å². The molecule has 4 rings (SSSR count). The molecule has 0 aliphatic carbocycles. The summed E-state index contributed by atoms with van der Waals surface area (Å²) in [5, 5.41) is 2.85. The highest BCUT2D eigenvalue weighted by Crippen LogP contribution is 2.18. The lowest BCUT2D eigenvalue weighted by Gasteiger charge is -2.28. The first-order valence-corrected chi connectivity index (χ1v) is 9.63. The number of anilines is 1. The summed E-state index contributed by atoms with van der Waals surface area (Å²) < 4.78 is 11.9. The SMILES string of the molecule is O=C(Cn1cc(-c2ccccc2)oc1=O)NCc1ccc(N2CCOCC2)cc1. The molecular weight excluding hydrogens is 370 g/mol. The molecule has 1 fully saturated rings. The predicted octanol–water partition coefficient (Wildman–Crippen LogP) is 2.26. The molecule has 1 N–H and O–H groups in total. The number of nitrogens with zero attached hydrogens (tertiary/aromatic N) is 2. The second-order valence-corrected chi connectivity index (χ2v) is 6.90. The van der Waals surface area contributed by atoms with Crippen molar-refractivity contribution in [2.24, 2.45) is 0 Å². The Kier molecular flexibility index (Phi) is 5.76. The second kappa shape index (κ2) is 8.79. The van der Waals surface area contributed by atoms with Crippen molar-refractivity contribution in [3.05, 3.63) is 76.9 Å². The Labute approximate surface area is 168 Å². The average molecular weight is 393 g/mol. The summed E-state index contributed by atoms with van der Waals surface area (Å²) in [5.74, 6) is -0.347. The fraction of sp³-hybridized carbons (Fsp3) is 0.273. The number of rotatable bonds is 6. The Bertz CT molecular complexity index is 1000. The van der Waals surface area contributed by atoms with E-state index in [-0.39, 0.29) is 12.5 Å². The van der Waals surface area contributed by atoms with E-state index in [9.17, 15) is 9.59 Å². The molecule has 150 valence electrons. The first-order chi connectivity index (χ1) is 14.2. The van der Waals surface area contributed by atoms with Gasteiger partial charge in [-0.05, 0) is 17.7 Å². The van der Waals surface area contributed by atoms with Crippen molar-refractivity contribution >= 4 is 11.6 Å². The summed E-state index contributed by atoms with van der Waals surface area (Å²) in [6, 6.07) is 17.4. The van der Waals surface area contributed by atoms with Gasteiger partial charge in [-0.2, -0.15) is 0 Å². The molecule has 0 radical (unpaired) electrons. The van der Waals surface area contributed by atoms with Crippen LogP contribution in [-0.4, -0.2) is 36.8 Å². The van der Waals surface area contributed by atoms with Crippen molar-refractivity contribution in [3.8, 4) is 11.3 Å². The molecule has 3 aromatic rings. The third kappa shape index (κ3) is 4.75. The zero-order valence-electron chi connectivity index (χ0n) is 16.0. The maximum absolute atomic E-state index is 12.3. The summed E-state index contributed by atoms with van der Waals surface area (Å²) in [6.07, 6.45) is 1.56. The van der Waals surface area contributed by atoms with Crippen LogP contribution < -0.4 is 16.0 Å². The fourth-order valence-electron chi connectivity index (χ4n) is 3.28. The Morgan fingerprint density at radius 1 is 1.00 bits per heavy atom. The topological polar surface area (TPSA) is 76.7 Å². The number of carbonyl (C=O) groups excluding carboxylic acids is 1. The van der Waals surface area contributed by atoms with Crippen molar-refractivity contribution < 1.29 is 13.9 Å². The zero-order chi connectivity index (χ0) is 20.1. The molecule has 29 heavy (non-hydrogen) atoms. The van der Waals surface area contributed by atoms with Crippen molar-refractivity contribution in [2.45, 2.75) is 13.1 Å². The fourth-order valence-corrected chi connectivity index (χ4v) is 3.28. The Morgan fingerprint density at radius 3 is 2.45 bits per heavy atom. The first-order valence-electron chi connectivity index (χ1n) is 9.63. The van der Waals surface area contributed by atoms with Crippen LogP contribution in [0, 0.1) is 0 Å². The number of morpholine rings is 1. The molecule has 2 heterocycles. The van der Waals surface area contributed by atoms with Crippen LogP contribution in [0.4, 0.5) is 5.69 Å². The molecule has 1 aliphatic rings. The summed E-state index contributed by atoms with van der Waals surface area (Å²) in [4.78, 5) is 26.6. The molecule has 0 unspecified atom stereocenters. The van der Waals surface area contributed by atoms with E-state index in [1.807, 2.05) is 42.5 Å². The minimum Gasteiger partial charge on any atom is -0.408 e. The van der Waals surface area contributed by atoms with E-state index in [0.717, 1.165) is 43.1 Å². The number of benzene rings is 2. The molecule has 7 heteroatoms. The highest BCUT2D eigenvalue weighted by Gasteiger charge is 2.12. The van der Waals surface area contributed by atoms with Gasteiger partial charge >= 0.3 is 5.76 Å². The van der Waals surface area contributed by atoms with Crippen LogP contribution >= 0.6 is 0 Å². The first kappa shape index (κ1) is 19.0. The van der Waals surface area contributed by atoms with E-state index >= 15 is 0 Å². The smallest absolute Gasteiger partial charge is 0.408 e. The van der Waals surface area contributed by atoms with Gasteiger partial charge < -0.3 is 19.4 Å². The van der Waals surface area contributed by atoms with Crippen LogP contribution in [0.15, 0.2) is 70.0 Å². The van der Waals surface area contributed by atoms with Crippen molar-refractivity contribution in [1.29, 1.82) is 0 Å². The molecule has 0 atom stereocenters. The normalized spacial score (nSPS) is 14.0. The van der Waals surface area contributed by atoms with Crippen LogP contribution in [0.2, 0.25) is 0 Å². The minimum atomic E-state index is -0.547. The van der Waals surface area contributed by atoms with Gasteiger partial charge in [-0.25, -0.2) is 4.79 Å². The van der Waals surface area contributed by atoms with Gasteiger partial charge in [-0.15, -0.1) is 0 Å². The highest BCUT2D eigenvalue weighted by atomic mass is 16.5. The summed E-state index contributed by atoms with van der Waals surface area (Å²) in [7, 11) is 0. The van der Waals surface area contributed by atoms with Gasteiger partial charge in [0.2, 0.25) is 5.91 Å². The van der Waals surface area contributed by atoms with E-state index in [1.165, 1.54) is 4.57 Å². The van der Waals surface area contributed by atoms with E-state index in [2.05, 4.69) is 22.3 Å². The molecule has 7 nitrogen and oxygen atoms in total. The highest BCUT2D eigenvalue weighted by molar-refractivity contribution is 5.75. The molecular formula is C22H23N3O4. The van der Waals surface area contributed by atoms with Crippen molar-refractivity contribution in [3.63, 3.8) is 0 Å². The van der Waals surface area contributed by atoms with Gasteiger partial charge in [0, 0.05) is 30.9 Å². The second-order valence-electron chi connectivity index (χ2n) is 6.90. The molecule has 1 aliphatic heterocycles. The molecule has 1 amide bonds. The maximum atomic E-state index is 12.3. The van der Waals surface area contributed by atoms with Gasteiger partial charge in [-0.1, -0.05) is 42.5 Å². The number of amides is 1. The molecule has 0 spiro atoms. The summed E-state index contributed by atoms with van der Waals surface area (Å²) in [6.45, 7) is 3.59. The Balaban J connectivity index is 1.32. The van der Waals surface area contributed by atoms with E-state index < -0.39 is 5.76 Å². The minimum absolute atomic E-state index is 0.0823. The number of ether oxygens (including phenoxy) is 1. The number of hydrogen-bond acceptors (Lipinski definition) is 5. The largest absolute Gasteiger partial charge is 0.419 e. The number of aromatic nitrogens is 1. The van der Waals surface area contributed by atoms with E-state index in [0.29, 0.717) is 12.3 Å². The summed E-state index contributed by atoms with van der Waals surface area (Å²) >= 11 is 0. The van der Waals surface area contributed by atoms with Gasteiger partial charge in [-0.3, -0.25) is 9.36 Å². The van der Waals surface area contributed by atoms with Gasteiger partial charge in [0.25, 0.3) is 0 Å². The van der Waals surface area contributed by atoms with Crippen LogP contribution in [0.1, 0.15) is 5.56 Å². The maximum Gasteiger partial charge on any atom is 0.419 e. The zero-order valence-corrected chi connectivity index (χ0v) is 16.0. The number of nitrogens with one attached hydrogen (secondary N) is 1. The van der Waals surface area contributed by atoms with Crippen molar-refractivity contribution in [1.82, 2.24) is 9.88 Å². The van der Waals surface area contributed by atoms with Crippen LogP contribution in [0.5, 0.6) is 0 Å². The number of hydrogen-bond donors (Lipinski definition) is 1. The quantitative estimate of drug-likeness (QED) is 0.695. The summed E-state index contributed by atoms with van der Waals surface area (Å²) in [5.41, 5.74) is 2.95. The molecule has 0 bridgehead atoms. The van der Waals surface area contributed by atoms with Gasteiger partial charge in [0.05, 0.1) is 19.4 Å². The van der Waals surface area contributed by atoms with E-state index in [1.54, 1.807) is 6.20 Å². The Morgan fingerprint density at radius 2 is 1.72 bits per heavy atom. The van der Waals surface area contributed by atoms with Gasteiger partial charge in [0.1, 0.15) is 6.54 Å². The average Bonchev–Trinajstić information content (AvgIpc) is 3.14.